The van der Waals surface area contributed by atoms with Crippen LogP contribution in [0.25, 0.3) is 0 Å². The van der Waals surface area contributed by atoms with Crippen LogP contribution in [0.1, 0.15) is 46.8 Å². The number of hydrogen-bond donors (Lipinski definition) is 1. The summed E-state index contributed by atoms with van der Waals surface area (Å²) in [6, 6.07) is 2.38. The molecular formula is C15H22N2OS. The van der Waals surface area contributed by atoms with Crippen molar-refractivity contribution in [3.8, 4) is 0 Å². The van der Waals surface area contributed by atoms with E-state index in [0.717, 1.165) is 30.8 Å². The standard InChI is InChI=1S/C15H22N2OS/c1-5-14-12(7-8-18-14)13(16-6-2)9-15-17-10(3)11(4)19-15/h7-8,13,16H,5-6,9H2,1-4H3. The van der Waals surface area contributed by atoms with Gasteiger partial charge in [0.2, 0.25) is 0 Å². The first-order chi connectivity index (χ1) is 9.15. The summed E-state index contributed by atoms with van der Waals surface area (Å²) in [5.74, 6) is 1.08. The van der Waals surface area contributed by atoms with E-state index in [1.54, 1.807) is 17.6 Å². The van der Waals surface area contributed by atoms with E-state index in [1.165, 1.54) is 15.4 Å². The molecule has 0 aromatic carbocycles. The van der Waals surface area contributed by atoms with E-state index in [0.29, 0.717) is 6.04 Å². The smallest absolute Gasteiger partial charge is 0.108 e. The second-order valence-electron chi connectivity index (χ2n) is 4.72. The normalized spacial score (nSPS) is 12.8. The predicted octanol–water partition coefficient (Wildman–Crippen LogP) is 3.81. The highest BCUT2D eigenvalue weighted by molar-refractivity contribution is 7.11. The third kappa shape index (κ3) is 3.25. The zero-order valence-electron chi connectivity index (χ0n) is 12.1. The summed E-state index contributed by atoms with van der Waals surface area (Å²) in [7, 11) is 0. The summed E-state index contributed by atoms with van der Waals surface area (Å²) >= 11 is 1.80. The minimum Gasteiger partial charge on any atom is -0.469 e. The molecule has 19 heavy (non-hydrogen) atoms. The zero-order chi connectivity index (χ0) is 13.8. The molecule has 0 saturated carbocycles. The van der Waals surface area contributed by atoms with Gasteiger partial charge in [-0.1, -0.05) is 13.8 Å². The first-order valence-corrected chi connectivity index (χ1v) is 7.69. The maximum atomic E-state index is 5.55. The molecule has 2 aromatic rings. The average molecular weight is 278 g/mol. The van der Waals surface area contributed by atoms with Gasteiger partial charge >= 0.3 is 0 Å². The molecule has 104 valence electrons. The van der Waals surface area contributed by atoms with Crippen LogP contribution in [-0.4, -0.2) is 11.5 Å². The van der Waals surface area contributed by atoms with Gasteiger partial charge in [0.05, 0.1) is 17.0 Å². The van der Waals surface area contributed by atoms with Crippen molar-refractivity contribution in [1.82, 2.24) is 10.3 Å². The lowest BCUT2D eigenvalue weighted by molar-refractivity contribution is 0.487. The number of hydrogen-bond acceptors (Lipinski definition) is 4. The average Bonchev–Trinajstić information content (AvgIpc) is 2.96. The van der Waals surface area contributed by atoms with E-state index < -0.39 is 0 Å². The van der Waals surface area contributed by atoms with Crippen molar-refractivity contribution in [2.45, 2.75) is 46.6 Å². The van der Waals surface area contributed by atoms with E-state index >= 15 is 0 Å². The van der Waals surface area contributed by atoms with Crippen LogP contribution >= 0.6 is 11.3 Å². The molecule has 0 aliphatic carbocycles. The lowest BCUT2D eigenvalue weighted by Gasteiger charge is -2.16. The molecule has 2 heterocycles. The van der Waals surface area contributed by atoms with Gasteiger partial charge in [0.15, 0.2) is 0 Å². The Morgan fingerprint density at radius 1 is 1.37 bits per heavy atom. The van der Waals surface area contributed by atoms with Gasteiger partial charge in [0, 0.05) is 29.3 Å². The van der Waals surface area contributed by atoms with Crippen LogP contribution in [-0.2, 0) is 12.8 Å². The van der Waals surface area contributed by atoms with Crippen molar-refractivity contribution >= 4 is 11.3 Å². The molecule has 0 aliphatic heterocycles. The van der Waals surface area contributed by atoms with Gasteiger partial charge in [-0.2, -0.15) is 0 Å². The molecule has 0 aliphatic rings. The van der Waals surface area contributed by atoms with E-state index in [-0.39, 0.29) is 0 Å². The SMILES string of the molecule is CCNC(Cc1nc(C)c(C)s1)c1ccoc1CC. The van der Waals surface area contributed by atoms with Crippen LogP contribution < -0.4 is 5.32 Å². The maximum Gasteiger partial charge on any atom is 0.108 e. The molecule has 0 fully saturated rings. The molecule has 1 unspecified atom stereocenters. The Hall–Kier alpha value is -1.13. The highest BCUT2D eigenvalue weighted by Crippen LogP contribution is 2.26. The summed E-state index contributed by atoms with van der Waals surface area (Å²) < 4.78 is 5.55. The van der Waals surface area contributed by atoms with Crippen LogP contribution in [0.2, 0.25) is 0 Å². The van der Waals surface area contributed by atoms with E-state index in [4.69, 9.17) is 4.42 Å². The van der Waals surface area contributed by atoms with E-state index in [1.807, 2.05) is 0 Å². The fourth-order valence-corrected chi connectivity index (χ4v) is 3.27. The number of thiazole rings is 1. The second-order valence-corrected chi connectivity index (χ2v) is 6.00. The first kappa shape index (κ1) is 14.3. The predicted molar refractivity (Wildman–Crippen MR) is 79.8 cm³/mol. The number of aryl methyl sites for hydroxylation is 3. The van der Waals surface area contributed by atoms with Crippen molar-refractivity contribution in [3.63, 3.8) is 0 Å². The molecule has 1 atom stereocenters. The first-order valence-electron chi connectivity index (χ1n) is 6.88. The van der Waals surface area contributed by atoms with Crippen LogP contribution in [0.4, 0.5) is 0 Å². The third-order valence-corrected chi connectivity index (χ3v) is 4.47. The zero-order valence-corrected chi connectivity index (χ0v) is 12.9. The fourth-order valence-electron chi connectivity index (χ4n) is 2.29. The Morgan fingerprint density at radius 3 is 2.74 bits per heavy atom. The highest BCUT2D eigenvalue weighted by Gasteiger charge is 2.18. The summed E-state index contributed by atoms with van der Waals surface area (Å²) in [6.07, 6.45) is 3.65. The minimum absolute atomic E-state index is 0.295. The largest absolute Gasteiger partial charge is 0.469 e. The highest BCUT2D eigenvalue weighted by atomic mass is 32.1. The van der Waals surface area contributed by atoms with Crippen LogP contribution in [0, 0.1) is 13.8 Å². The molecule has 0 spiro atoms. The molecule has 2 rings (SSSR count). The Kier molecular flexibility index (Phi) is 4.77. The Morgan fingerprint density at radius 2 is 2.16 bits per heavy atom. The summed E-state index contributed by atoms with van der Waals surface area (Å²) in [6.45, 7) is 9.42. The molecule has 0 amide bonds. The lowest BCUT2D eigenvalue weighted by atomic mass is 10.0. The van der Waals surface area contributed by atoms with Gasteiger partial charge < -0.3 is 9.73 Å². The van der Waals surface area contributed by atoms with Gasteiger partial charge in [0.1, 0.15) is 5.76 Å². The van der Waals surface area contributed by atoms with Gasteiger partial charge in [-0.05, 0) is 26.5 Å². The number of furan rings is 1. The monoisotopic (exact) mass is 278 g/mol. The number of aromatic nitrogens is 1. The summed E-state index contributed by atoms with van der Waals surface area (Å²) in [5, 5.41) is 4.74. The third-order valence-electron chi connectivity index (χ3n) is 3.38. The Labute approximate surface area is 119 Å². The van der Waals surface area contributed by atoms with Gasteiger partial charge in [-0.25, -0.2) is 4.98 Å². The van der Waals surface area contributed by atoms with Gasteiger partial charge in [-0.15, -0.1) is 11.3 Å². The molecule has 3 nitrogen and oxygen atoms in total. The van der Waals surface area contributed by atoms with E-state index in [9.17, 15) is 0 Å². The molecule has 1 N–H and O–H groups in total. The van der Waals surface area contributed by atoms with Crippen molar-refractivity contribution in [2.75, 3.05) is 6.54 Å². The van der Waals surface area contributed by atoms with Crippen LogP contribution in [0.3, 0.4) is 0 Å². The Balaban J connectivity index is 2.20. The molecule has 0 bridgehead atoms. The lowest BCUT2D eigenvalue weighted by Crippen LogP contribution is -2.23. The molecule has 2 aromatic heterocycles. The fraction of sp³-hybridized carbons (Fsp3) is 0.533. The van der Waals surface area contributed by atoms with Crippen molar-refractivity contribution in [1.29, 1.82) is 0 Å². The van der Waals surface area contributed by atoms with Gasteiger partial charge in [0.25, 0.3) is 0 Å². The maximum absolute atomic E-state index is 5.55. The summed E-state index contributed by atoms with van der Waals surface area (Å²) in [5.41, 5.74) is 2.42. The van der Waals surface area contributed by atoms with Crippen molar-refractivity contribution in [2.24, 2.45) is 0 Å². The Bertz CT molecular complexity index is 510. The summed E-state index contributed by atoms with van der Waals surface area (Å²) in [4.78, 5) is 5.96. The van der Waals surface area contributed by atoms with Gasteiger partial charge in [-0.3, -0.25) is 0 Å². The quantitative estimate of drug-likeness (QED) is 0.873. The topological polar surface area (TPSA) is 38.1 Å². The van der Waals surface area contributed by atoms with Crippen molar-refractivity contribution in [3.05, 3.63) is 39.2 Å². The van der Waals surface area contributed by atoms with Crippen LogP contribution in [0.5, 0.6) is 0 Å². The number of rotatable bonds is 6. The number of nitrogens with zero attached hydrogens (tertiary/aromatic N) is 1. The minimum atomic E-state index is 0.295. The number of likely N-dealkylation sites (N-methyl/N-ethyl adjacent to an activating group) is 1. The molecule has 4 heteroatoms. The molecule has 0 radical (unpaired) electrons. The van der Waals surface area contributed by atoms with Crippen LogP contribution in [0.15, 0.2) is 16.7 Å². The van der Waals surface area contributed by atoms with Crippen molar-refractivity contribution < 1.29 is 4.42 Å². The molecular weight excluding hydrogens is 256 g/mol. The second kappa shape index (κ2) is 6.35. The number of nitrogens with one attached hydrogen (secondary N) is 1. The van der Waals surface area contributed by atoms with E-state index in [2.05, 4.69) is 44.1 Å². The molecule has 0 saturated heterocycles.